The molecule has 2 N–H and O–H groups in total. The molecule has 1 fully saturated rings. The van der Waals surface area contributed by atoms with Crippen molar-refractivity contribution in [1.29, 1.82) is 0 Å². The number of nitrogens with one attached hydrogen (secondary N) is 2. The Hall–Kier alpha value is -1.31. The lowest BCUT2D eigenvalue weighted by molar-refractivity contribution is -0.121. The smallest absolute Gasteiger partial charge is 0.251 e. The Labute approximate surface area is 137 Å². The van der Waals surface area contributed by atoms with E-state index in [4.69, 9.17) is 13.8 Å². The molecule has 9 heteroatoms. The molecule has 0 aromatic rings. The molecule has 23 heavy (non-hydrogen) atoms. The van der Waals surface area contributed by atoms with Crippen LogP contribution < -0.4 is 10.6 Å². The normalized spacial score (nSPS) is 22.4. The first-order chi connectivity index (χ1) is 11.1. The second-order valence-electron chi connectivity index (χ2n) is 4.72. The van der Waals surface area contributed by atoms with Crippen LogP contribution in [0.3, 0.4) is 0 Å². The maximum atomic E-state index is 11.3. The molecule has 0 aliphatic carbocycles. The van der Waals surface area contributed by atoms with E-state index in [2.05, 4.69) is 5.32 Å². The van der Waals surface area contributed by atoms with Crippen LogP contribution in [-0.4, -0.2) is 63.9 Å². The van der Waals surface area contributed by atoms with E-state index in [0.717, 1.165) is 13.0 Å². The average molecular weight is 345 g/mol. The molecule has 130 valence electrons. The minimum atomic E-state index is -1.04. The van der Waals surface area contributed by atoms with Gasteiger partial charge in [-0.2, -0.15) is 0 Å². The number of hydrogen-bond acceptors (Lipinski definition) is 7. The Morgan fingerprint density at radius 1 is 1.43 bits per heavy atom. The third-order valence-corrected chi connectivity index (χ3v) is 4.28. The van der Waals surface area contributed by atoms with Gasteiger partial charge in [0.25, 0.3) is 5.91 Å². The van der Waals surface area contributed by atoms with Crippen LogP contribution in [0.5, 0.6) is 0 Å². The summed E-state index contributed by atoms with van der Waals surface area (Å²) in [5.41, 5.74) is 0. The van der Waals surface area contributed by atoms with E-state index in [1.54, 1.807) is 25.3 Å². The van der Waals surface area contributed by atoms with Crippen molar-refractivity contribution in [2.45, 2.75) is 18.8 Å². The van der Waals surface area contributed by atoms with Gasteiger partial charge in [0.05, 0.1) is 6.10 Å². The molecule has 0 bridgehead atoms. The highest BCUT2D eigenvalue weighted by molar-refractivity contribution is 7.50. The molecule has 1 heterocycles. The lowest BCUT2D eigenvalue weighted by atomic mass is 10.3. The Morgan fingerprint density at radius 3 is 2.83 bits per heavy atom. The number of hydrogen-bond donors (Lipinski definition) is 2. The highest BCUT2D eigenvalue weighted by Crippen LogP contribution is 2.37. The summed E-state index contributed by atoms with van der Waals surface area (Å²) in [4.78, 5) is 23.2. The number of carbonyl (C=O) groups excluding carboxylic acids is 2. The van der Waals surface area contributed by atoms with Crippen molar-refractivity contribution in [2.75, 3.05) is 34.4 Å². The number of imide groups is 1. The fraction of sp³-hybridized carbons (Fsp3) is 0.571. The lowest BCUT2D eigenvalue weighted by Gasteiger charge is -2.27. The van der Waals surface area contributed by atoms with Gasteiger partial charge in [0.1, 0.15) is 6.23 Å². The monoisotopic (exact) mass is 345 g/mol. The second-order valence-corrected chi connectivity index (χ2v) is 6.32. The van der Waals surface area contributed by atoms with E-state index in [1.165, 1.54) is 6.08 Å². The number of amides is 2. The molecule has 0 spiro atoms. The molecule has 1 saturated heterocycles. The number of carbonyl (C=O) groups is 2. The van der Waals surface area contributed by atoms with Crippen molar-refractivity contribution in [1.82, 2.24) is 15.5 Å². The predicted octanol–water partition coefficient (Wildman–Crippen LogP) is 0.528. The quantitative estimate of drug-likeness (QED) is 0.377. The first-order valence-corrected chi connectivity index (χ1v) is 8.41. The average Bonchev–Trinajstić information content (AvgIpc) is 2.79. The molecule has 1 aliphatic rings. The standard InChI is InChI=1S/C14H24N3O5P/c1-17(8-5-13(19)16-11-18)14-4-7-15-10-12(22-14)6-9-23(20-2)21-3/h5-6,8-9,11-12,14-15H,4,7,10H2,1-3H3,(H,16,18,19)/b8-5-,9-6+. The van der Waals surface area contributed by atoms with Crippen LogP contribution in [0.4, 0.5) is 0 Å². The molecule has 0 aromatic heterocycles. The molecule has 8 nitrogen and oxygen atoms in total. The van der Waals surface area contributed by atoms with E-state index >= 15 is 0 Å². The van der Waals surface area contributed by atoms with Crippen LogP contribution in [-0.2, 0) is 23.4 Å². The van der Waals surface area contributed by atoms with Crippen molar-refractivity contribution >= 4 is 20.7 Å². The first kappa shape index (κ1) is 19.7. The summed E-state index contributed by atoms with van der Waals surface area (Å²) in [6.45, 7) is 1.49. The summed E-state index contributed by atoms with van der Waals surface area (Å²) < 4.78 is 16.4. The lowest BCUT2D eigenvalue weighted by Crippen LogP contribution is -2.33. The molecular formula is C14H24N3O5P. The van der Waals surface area contributed by atoms with Crippen LogP contribution in [0.15, 0.2) is 24.2 Å². The third-order valence-electron chi connectivity index (χ3n) is 3.14. The van der Waals surface area contributed by atoms with Crippen molar-refractivity contribution in [3.05, 3.63) is 24.2 Å². The molecule has 2 amide bonds. The van der Waals surface area contributed by atoms with Crippen LogP contribution in [0, 0.1) is 0 Å². The zero-order chi connectivity index (χ0) is 17.1. The van der Waals surface area contributed by atoms with Crippen LogP contribution in [0.25, 0.3) is 0 Å². The fourth-order valence-corrected chi connectivity index (χ4v) is 2.68. The fourth-order valence-electron chi connectivity index (χ4n) is 1.95. The number of rotatable bonds is 8. The molecular weight excluding hydrogens is 321 g/mol. The summed E-state index contributed by atoms with van der Waals surface area (Å²) in [7, 11) is 3.97. The van der Waals surface area contributed by atoms with E-state index in [0.29, 0.717) is 13.0 Å². The zero-order valence-corrected chi connectivity index (χ0v) is 14.5. The van der Waals surface area contributed by atoms with Gasteiger partial charge in [-0.25, -0.2) is 0 Å². The topological polar surface area (TPSA) is 89.1 Å². The van der Waals surface area contributed by atoms with Gasteiger partial charge in [-0.15, -0.1) is 0 Å². The molecule has 2 atom stereocenters. The van der Waals surface area contributed by atoms with Gasteiger partial charge in [0.15, 0.2) is 8.38 Å². The van der Waals surface area contributed by atoms with Crippen LogP contribution in [0.2, 0.25) is 0 Å². The third kappa shape index (κ3) is 7.67. The van der Waals surface area contributed by atoms with Gasteiger partial charge in [-0.3, -0.25) is 14.9 Å². The van der Waals surface area contributed by atoms with Gasteiger partial charge in [0.2, 0.25) is 6.41 Å². The minimum absolute atomic E-state index is 0.127. The predicted molar refractivity (Wildman–Crippen MR) is 87.3 cm³/mol. The largest absolute Gasteiger partial charge is 0.355 e. The maximum absolute atomic E-state index is 11.3. The molecule has 0 radical (unpaired) electrons. The van der Waals surface area contributed by atoms with Gasteiger partial charge in [-0.05, 0) is 18.4 Å². The van der Waals surface area contributed by atoms with E-state index in [1.807, 2.05) is 24.3 Å². The van der Waals surface area contributed by atoms with Gasteiger partial charge in [-0.1, -0.05) is 0 Å². The minimum Gasteiger partial charge on any atom is -0.355 e. The zero-order valence-electron chi connectivity index (χ0n) is 13.6. The Morgan fingerprint density at radius 2 is 2.17 bits per heavy atom. The SMILES string of the molecule is COP(/C=C/C1CNCCC(N(C)/C=C\C(=O)NC=O)O1)OC. The molecule has 1 rings (SSSR count). The van der Waals surface area contributed by atoms with Crippen LogP contribution >= 0.6 is 8.38 Å². The maximum Gasteiger partial charge on any atom is 0.251 e. The van der Waals surface area contributed by atoms with E-state index in [9.17, 15) is 9.59 Å². The van der Waals surface area contributed by atoms with Gasteiger partial charge in [0, 0.05) is 46.5 Å². The van der Waals surface area contributed by atoms with Gasteiger partial charge < -0.3 is 24.0 Å². The van der Waals surface area contributed by atoms with E-state index in [-0.39, 0.29) is 12.3 Å². The summed E-state index contributed by atoms with van der Waals surface area (Å²) in [6.07, 6.45) is 5.60. The molecule has 0 aromatic carbocycles. The highest BCUT2D eigenvalue weighted by Gasteiger charge is 2.21. The summed E-state index contributed by atoms with van der Waals surface area (Å²) in [5, 5.41) is 5.35. The van der Waals surface area contributed by atoms with Crippen molar-refractivity contribution in [2.24, 2.45) is 0 Å². The van der Waals surface area contributed by atoms with E-state index < -0.39 is 14.3 Å². The Kier molecular flexibility index (Phi) is 9.66. The summed E-state index contributed by atoms with van der Waals surface area (Å²) in [6, 6.07) is 0. The Balaban J connectivity index is 2.61. The molecule has 0 saturated carbocycles. The summed E-state index contributed by atoms with van der Waals surface area (Å²) >= 11 is 0. The van der Waals surface area contributed by atoms with Crippen LogP contribution in [0.1, 0.15) is 6.42 Å². The first-order valence-electron chi connectivity index (χ1n) is 7.17. The molecule has 2 unspecified atom stereocenters. The van der Waals surface area contributed by atoms with Crippen molar-refractivity contribution in [3.8, 4) is 0 Å². The van der Waals surface area contributed by atoms with Crippen molar-refractivity contribution in [3.63, 3.8) is 0 Å². The summed E-state index contributed by atoms with van der Waals surface area (Å²) in [5.74, 6) is 1.39. The van der Waals surface area contributed by atoms with Gasteiger partial charge >= 0.3 is 0 Å². The number of ether oxygens (including phenoxy) is 1. The number of nitrogens with zero attached hydrogens (tertiary/aromatic N) is 1. The second kappa shape index (κ2) is 11.3. The van der Waals surface area contributed by atoms with Crippen molar-refractivity contribution < 1.29 is 23.4 Å². The molecule has 1 aliphatic heterocycles. The highest BCUT2D eigenvalue weighted by atomic mass is 31.2. The Bertz CT molecular complexity index is 429.